The molecule has 0 atom stereocenters. The molecule has 0 aliphatic rings. The van der Waals surface area contributed by atoms with Crippen molar-refractivity contribution in [2.75, 3.05) is 26.7 Å². The second kappa shape index (κ2) is 10.8. The van der Waals surface area contributed by atoms with E-state index in [4.69, 9.17) is 4.74 Å². The third-order valence-electron chi connectivity index (χ3n) is 4.80. The van der Waals surface area contributed by atoms with Crippen molar-refractivity contribution in [1.82, 2.24) is 25.4 Å². The first kappa shape index (κ1) is 22.7. The molecule has 2 rings (SSSR count). The van der Waals surface area contributed by atoms with Crippen LogP contribution in [0.4, 0.5) is 0 Å². The molecule has 2 aromatic rings. The number of nitrogens with zero attached hydrogens (tertiary/aromatic N) is 4. The maximum absolute atomic E-state index is 5.79. The van der Waals surface area contributed by atoms with Crippen LogP contribution in [-0.4, -0.2) is 47.5 Å². The van der Waals surface area contributed by atoms with Gasteiger partial charge in [-0.1, -0.05) is 46.8 Å². The molecule has 0 unspecified atom stereocenters. The van der Waals surface area contributed by atoms with Gasteiger partial charge in [-0.25, -0.2) is 0 Å². The van der Waals surface area contributed by atoms with Crippen molar-refractivity contribution in [1.29, 1.82) is 0 Å². The van der Waals surface area contributed by atoms with Crippen LogP contribution in [0, 0.1) is 5.92 Å². The number of ether oxygens (including phenoxy) is 1. The van der Waals surface area contributed by atoms with Crippen LogP contribution in [0.5, 0.6) is 5.75 Å². The lowest BCUT2D eigenvalue weighted by atomic mass is 9.84. The Morgan fingerprint density at radius 3 is 2.55 bits per heavy atom. The zero-order valence-electron chi connectivity index (χ0n) is 18.7. The van der Waals surface area contributed by atoms with E-state index < -0.39 is 0 Å². The van der Waals surface area contributed by atoms with Crippen molar-refractivity contribution in [2.45, 2.75) is 53.0 Å². The number of rotatable bonds is 10. The van der Waals surface area contributed by atoms with Gasteiger partial charge in [-0.15, -0.1) is 10.2 Å². The molecule has 1 aromatic carbocycles. The number of aromatic nitrogens is 3. The summed E-state index contributed by atoms with van der Waals surface area (Å²) in [7, 11) is 1.79. The maximum atomic E-state index is 5.79. The van der Waals surface area contributed by atoms with Gasteiger partial charge in [0, 0.05) is 38.5 Å². The van der Waals surface area contributed by atoms with Gasteiger partial charge in [0.2, 0.25) is 0 Å². The average Bonchev–Trinajstić information content (AvgIpc) is 3.16. The molecule has 29 heavy (non-hydrogen) atoms. The van der Waals surface area contributed by atoms with Gasteiger partial charge in [0.15, 0.2) is 5.96 Å². The van der Waals surface area contributed by atoms with Crippen molar-refractivity contribution in [2.24, 2.45) is 10.9 Å². The van der Waals surface area contributed by atoms with E-state index in [1.165, 1.54) is 5.56 Å². The zero-order valence-corrected chi connectivity index (χ0v) is 18.7. The summed E-state index contributed by atoms with van der Waals surface area (Å²) in [6.07, 6.45) is 2.65. The number of nitrogens with one attached hydrogen (secondary N) is 2. The van der Waals surface area contributed by atoms with E-state index in [1.807, 2.05) is 0 Å². The molecule has 0 radical (unpaired) electrons. The van der Waals surface area contributed by atoms with Crippen LogP contribution in [0.2, 0.25) is 0 Å². The average molecular weight is 401 g/mol. The van der Waals surface area contributed by atoms with Gasteiger partial charge in [0.25, 0.3) is 0 Å². The SMILES string of the molecule is CCc1nncn1CCNC(=NC)NCC(C)(C)c1ccc(OCC(C)C)cc1. The first-order valence-electron chi connectivity index (χ1n) is 10.4. The minimum Gasteiger partial charge on any atom is -0.493 e. The molecule has 0 saturated heterocycles. The second-order valence-electron chi connectivity index (χ2n) is 8.26. The predicted molar refractivity (Wildman–Crippen MR) is 119 cm³/mol. The first-order chi connectivity index (χ1) is 13.9. The standard InChI is InChI=1S/C22H36N6O/c1-7-20-27-26-16-28(20)13-12-24-21(23-6)25-15-22(4,5)18-8-10-19(11-9-18)29-14-17(2)3/h8-11,16-17H,7,12-15H2,1-6H3,(H2,23,24,25). The number of benzene rings is 1. The Morgan fingerprint density at radius 1 is 1.21 bits per heavy atom. The normalized spacial score (nSPS) is 12.3. The fraction of sp³-hybridized carbons (Fsp3) is 0.591. The fourth-order valence-electron chi connectivity index (χ4n) is 2.93. The topological polar surface area (TPSA) is 76.4 Å². The van der Waals surface area contributed by atoms with Crippen molar-refractivity contribution in [3.8, 4) is 5.75 Å². The summed E-state index contributed by atoms with van der Waals surface area (Å²) in [6, 6.07) is 8.39. The molecule has 0 saturated carbocycles. The molecule has 160 valence electrons. The fourth-order valence-corrected chi connectivity index (χ4v) is 2.93. The number of hydrogen-bond donors (Lipinski definition) is 2. The summed E-state index contributed by atoms with van der Waals surface area (Å²) < 4.78 is 7.85. The van der Waals surface area contributed by atoms with E-state index in [2.05, 4.69) is 89.3 Å². The molecular formula is C22H36N6O. The first-order valence-corrected chi connectivity index (χ1v) is 10.4. The summed E-state index contributed by atoms with van der Waals surface area (Å²) in [5, 5.41) is 14.9. The highest BCUT2D eigenvalue weighted by atomic mass is 16.5. The van der Waals surface area contributed by atoms with Crippen LogP contribution in [0.25, 0.3) is 0 Å². The third kappa shape index (κ3) is 7.07. The van der Waals surface area contributed by atoms with E-state index in [0.29, 0.717) is 5.92 Å². The molecule has 1 aromatic heterocycles. The quantitative estimate of drug-likeness (QED) is 0.474. The van der Waals surface area contributed by atoms with E-state index in [9.17, 15) is 0 Å². The van der Waals surface area contributed by atoms with Crippen LogP contribution >= 0.6 is 0 Å². The minimum absolute atomic E-state index is 0.0438. The van der Waals surface area contributed by atoms with Crippen molar-refractivity contribution in [3.05, 3.63) is 42.0 Å². The molecule has 0 spiro atoms. The zero-order chi connectivity index (χ0) is 21.3. The molecule has 0 bridgehead atoms. The van der Waals surface area contributed by atoms with Gasteiger partial charge in [-0.05, 0) is 23.6 Å². The molecule has 7 nitrogen and oxygen atoms in total. The van der Waals surface area contributed by atoms with E-state index >= 15 is 0 Å². The highest BCUT2D eigenvalue weighted by Gasteiger charge is 2.21. The van der Waals surface area contributed by atoms with E-state index in [0.717, 1.165) is 50.2 Å². The molecule has 1 heterocycles. The van der Waals surface area contributed by atoms with Gasteiger partial charge in [0.1, 0.15) is 17.9 Å². The number of guanidine groups is 1. The predicted octanol–water partition coefficient (Wildman–Crippen LogP) is 3.02. The molecule has 0 aliphatic carbocycles. The van der Waals surface area contributed by atoms with Gasteiger partial charge in [0.05, 0.1) is 6.61 Å². The molecule has 0 aliphatic heterocycles. The van der Waals surface area contributed by atoms with Gasteiger partial charge < -0.3 is 19.9 Å². The summed E-state index contributed by atoms with van der Waals surface area (Å²) in [5.74, 6) is 3.23. The summed E-state index contributed by atoms with van der Waals surface area (Å²) in [4.78, 5) is 4.34. The van der Waals surface area contributed by atoms with Crippen molar-refractivity contribution in [3.63, 3.8) is 0 Å². The molecule has 0 fully saturated rings. The van der Waals surface area contributed by atoms with Crippen molar-refractivity contribution < 1.29 is 4.74 Å². The second-order valence-corrected chi connectivity index (χ2v) is 8.26. The highest BCUT2D eigenvalue weighted by molar-refractivity contribution is 5.79. The number of hydrogen-bond acceptors (Lipinski definition) is 4. The lowest BCUT2D eigenvalue weighted by Crippen LogP contribution is -2.44. The van der Waals surface area contributed by atoms with Crippen LogP contribution in [-0.2, 0) is 18.4 Å². The largest absolute Gasteiger partial charge is 0.493 e. The van der Waals surface area contributed by atoms with Crippen LogP contribution in [0.3, 0.4) is 0 Å². The van der Waals surface area contributed by atoms with E-state index in [-0.39, 0.29) is 5.41 Å². The molecule has 0 amide bonds. The highest BCUT2D eigenvalue weighted by Crippen LogP contribution is 2.24. The van der Waals surface area contributed by atoms with E-state index in [1.54, 1.807) is 13.4 Å². The smallest absolute Gasteiger partial charge is 0.191 e. The Morgan fingerprint density at radius 2 is 1.93 bits per heavy atom. The Bertz CT molecular complexity index is 764. The number of aryl methyl sites for hydroxylation is 1. The lowest BCUT2D eigenvalue weighted by molar-refractivity contribution is 0.271. The Balaban J connectivity index is 1.83. The van der Waals surface area contributed by atoms with Crippen LogP contribution in [0.1, 0.15) is 46.0 Å². The van der Waals surface area contributed by atoms with Crippen molar-refractivity contribution >= 4 is 5.96 Å². The monoisotopic (exact) mass is 400 g/mol. The minimum atomic E-state index is -0.0438. The van der Waals surface area contributed by atoms with Crippen LogP contribution in [0.15, 0.2) is 35.6 Å². The van der Waals surface area contributed by atoms with Crippen LogP contribution < -0.4 is 15.4 Å². The molecule has 2 N–H and O–H groups in total. The third-order valence-corrected chi connectivity index (χ3v) is 4.80. The Labute approximate surface area is 175 Å². The Hall–Kier alpha value is -2.57. The van der Waals surface area contributed by atoms with Gasteiger partial charge in [-0.2, -0.15) is 0 Å². The molecule has 7 heteroatoms. The lowest BCUT2D eigenvalue weighted by Gasteiger charge is -2.27. The number of aliphatic imine (C=N–C) groups is 1. The summed E-state index contributed by atoms with van der Waals surface area (Å²) in [6.45, 7) is 13.9. The van der Waals surface area contributed by atoms with Gasteiger partial charge >= 0.3 is 0 Å². The summed E-state index contributed by atoms with van der Waals surface area (Å²) in [5.41, 5.74) is 1.21. The Kier molecular flexibility index (Phi) is 8.49. The summed E-state index contributed by atoms with van der Waals surface area (Å²) >= 11 is 0. The maximum Gasteiger partial charge on any atom is 0.191 e. The molecular weight excluding hydrogens is 364 g/mol. The van der Waals surface area contributed by atoms with Gasteiger partial charge in [-0.3, -0.25) is 4.99 Å².